The molecule has 0 bridgehead atoms. The van der Waals surface area contributed by atoms with Gasteiger partial charge in [-0.25, -0.2) is 4.79 Å². The summed E-state index contributed by atoms with van der Waals surface area (Å²) in [6.45, 7) is 6.83. The fraction of sp³-hybridized carbons (Fsp3) is 0.474. The highest BCUT2D eigenvalue weighted by Gasteiger charge is 2.28. The molecule has 0 aliphatic carbocycles. The molecule has 3 rings (SSSR count). The number of fused-ring (bicyclic) bond motifs is 1. The quantitative estimate of drug-likeness (QED) is 0.660. The molecule has 2 aromatic rings. The van der Waals surface area contributed by atoms with Crippen molar-refractivity contribution in [2.75, 3.05) is 6.54 Å². The van der Waals surface area contributed by atoms with Crippen molar-refractivity contribution in [2.24, 2.45) is 7.05 Å². The minimum atomic E-state index is -0.352. The molecule has 27 heavy (non-hydrogen) atoms. The highest BCUT2D eigenvalue weighted by molar-refractivity contribution is 5.75. The molecule has 0 saturated heterocycles. The Balaban J connectivity index is 1.77. The minimum absolute atomic E-state index is 0.113. The molecule has 1 aliphatic rings. The lowest BCUT2D eigenvalue weighted by molar-refractivity contribution is -0.385. The number of hydrogen-bond acceptors (Lipinski definition) is 4. The van der Waals surface area contributed by atoms with Crippen LogP contribution >= 0.6 is 0 Å². The molecule has 8 heteroatoms. The minimum Gasteiger partial charge on any atom is -0.331 e. The van der Waals surface area contributed by atoms with Crippen LogP contribution in [0.15, 0.2) is 18.2 Å². The second-order valence-electron chi connectivity index (χ2n) is 6.96. The molecular weight excluding hydrogens is 346 g/mol. The third-order valence-electron chi connectivity index (χ3n) is 5.34. The lowest BCUT2D eigenvalue weighted by Crippen LogP contribution is -2.44. The summed E-state index contributed by atoms with van der Waals surface area (Å²) in [5.41, 5.74) is 4.73. The van der Waals surface area contributed by atoms with Gasteiger partial charge < -0.3 is 10.2 Å². The van der Waals surface area contributed by atoms with E-state index in [1.807, 2.05) is 38.6 Å². The number of aryl methyl sites for hydroxylation is 2. The van der Waals surface area contributed by atoms with Gasteiger partial charge in [0.05, 0.1) is 16.7 Å². The molecule has 1 aromatic heterocycles. The van der Waals surface area contributed by atoms with Crippen molar-refractivity contribution < 1.29 is 9.72 Å². The fourth-order valence-corrected chi connectivity index (χ4v) is 3.85. The number of rotatable bonds is 4. The number of carbonyl (C=O) groups excluding carboxylic acids is 1. The number of nitrogens with zero attached hydrogens (tertiary/aromatic N) is 4. The molecule has 1 atom stereocenters. The lowest BCUT2D eigenvalue weighted by Gasteiger charge is -2.30. The van der Waals surface area contributed by atoms with Crippen LogP contribution in [0.1, 0.15) is 47.5 Å². The summed E-state index contributed by atoms with van der Waals surface area (Å²) in [6.07, 6.45) is 1.25. The summed E-state index contributed by atoms with van der Waals surface area (Å²) in [5, 5.41) is 18.8. The highest BCUT2D eigenvalue weighted by Crippen LogP contribution is 2.29. The summed E-state index contributed by atoms with van der Waals surface area (Å²) in [4.78, 5) is 25.4. The van der Waals surface area contributed by atoms with Crippen molar-refractivity contribution in [1.29, 1.82) is 0 Å². The Morgan fingerprint density at radius 1 is 1.41 bits per heavy atom. The van der Waals surface area contributed by atoms with Crippen LogP contribution in [0.25, 0.3) is 0 Å². The number of benzene rings is 1. The number of amides is 2. The second-order valence-corrected chi connectivity index (χ2v) is 6.96. The van der Waals surface area contributed by atoms with E-state index in [1.54, 1.807) is 11.0 Å². The molecular formula is C19H25N5O3. The summed E-state index contributed by atoms with van der Waals surface area (Å²) < 4.78 is 1.83. The molecule has 0 saturated carbocycles. The van der Waals surface area contributed by atoms with Crippen LogP contribution < -0.4 is 5.32 Å². The predicted octanol–water partition coefficient (Wildman–Crippen LogP) is 3.16. The SMILES string of the molecule is CC[C@H](NC(=O)N1CCc2c(cccc2[N+](=O)[O-])C1)c1c(C)nn(C)c1C. The summed E-state index contributed by atoms with van der Waals surface area (Å²) >= 11 is 0. The zero-order valence-corrected chi connectivity index (χ0v) is 16.2. The summed E-state index contributed by atoms with van der Waals surface area (Å²) in [7, 11) is 1.90. The monoisotopic (exact) mass is 371 g/mol. The average Bonchev–Trinajstić information content (AvgIpc) is 2.90. The Morgan fingerprint density at radius 3 is 2.74 bits per heavy atom. The first-order valence-corrected chi connectivity index (χ1v) is 9.14. The summed E-state index contributed by atoms with van der Waals surface area (Å²) in [6, 6.07) is 4.79. The third-order valence-corrected chi connectivity index (χ3v) is 5.34. The van der Waals surface area contributed by atoms with Crippen molar-refractivity contribution in [1.82, 2.24) is 20.0 Å². The molecule has 0 unspecified atom stereocenters. The van der Waals surface area contributed by atoms with E-state index in [2.05, 4.69) is 10.4 Å². The Morgan fingerprint density at radius 2 is 2.15 bits per heavy atom. The number of nitro benzene ring substituents is 1. The molecule has 1 N–H and O–H groups in total. The van der Waals surface area contributed by atoms with Crippen molar-refractivity contribution in [3.63, 3.8) is 0 Å². The van der Waals surface area contributed by atoms with Gasteiger partial charge in [-0.1, -0.05) is 19.1 Å². The van der Waals surface area contributed by atoms with Gasteiger partial charge in [-0.3, -0.25) is 14.8 Å². The Labute approximate surface area is 158 Å². The molecule has 1 aliphatic heterocycles. The number of nitro groups is 1. The van der Waals surface area contributed by atoms with Gasteiger partial charge in [0.25, 0.3) is 5.69 Å². The number of urea groups is 1. The topological polar surface area (TPSA) is 93.3 Å². The zero-order chi connectivity index (χ0) is 19.7. The zero-order valence-electron chi connectivity index (χ0n) is 16.2. The molecule has 8 nitrogen and oxygen atoms in total. The van der Waals surface area contributed by atoms with Crippen LogP contribution in [0.3, 0.4) is 0 Å². The van der Waals surface area contributed by atoms with E-state index in [1.165, 1.54) is 6.07 Å². The van der Waals surface area contributed by atoms with E-state index in [4.69, 9.17) is 0 Å². The number of nitrogens with one attached hydrogen (secondary N) is 1. The van der Waals surface area contributed by atoms with Gasteiger partial charge in [-0.15, -0.1) is 0 Å². The van der Waals surface area contributed by atoms with E-state index < -0.39 is 0 Å². The van der Waals surface area contributed by atoms with Gasteiger partial charge in [0.2, 0.25) is 0 Å². The van der Waals surface area contributed by atoms with Crippen LogP contribution in [-0.4, -0.2) is 32.2 Å². The van der Waals surface area contributed by atoms with Crippen molar-refractivity contribution >= 4 is 11.7 Å². The van der Waals surface area contributed by atoms with E-state index in [9.17, 15) is 14.9 Å². The molecule has 0 radical (unpaired) electrons. The summed E-state index contributed by atoms with van der Waals surface area (Å²) in [5.74, 6) is 0. The maximum atomic E-state index is 12.9. The Bertz CT molecular complexity index is 890. The van der Waals surface area contributed by atoms with Gasteiger partial charge in [-0.2, -0.15) is 5.10 Å². The van der Waals surface area contributed by atoms with Crippen molar-refractivity contribution in [3.8, 4) is 0 Å². The Hall–Kier alpha value is -2.90. The van der Waals surface area contributed by atoms with E-state index in [0.717, 1.165) is 34.5 Å². The molecule has 0 spiro atoms. The number of carbonyl (C=O) groups is 1. The van der Waals surface area contributed by atoms with Gasteiger partial charge in [-0.05, 0) is 32.3 Å². The van der Waals surface area contributed by atoms with E-state index in [0.29, 0.717) is 19.5 Å². The predicted molar refractivity (Wildman–Crippen MR) is 101 cm³/mol. The molecule has 0 fully saturated rings. The van der Waals surface area contributed by atoms with Gasteiger partial charge in [0.15, 0.2) is 0 Å². The van der Waals surface area contributed by atoms with E-state index in [-0.39, 0.29) is 22.7 Å². The second kappa shape index (κ2) is 7.38. The van der Waals surface area contributed by atoms with Gasteiger partial charge in [0, 0.05) is 43.0 Å². The highest BCUT2D eigenvalue weighted by atomic mass is 16.6. The molecule has 1 aromatic carbocycles. The lowest BCUT2D eigenvalue weighted by atomic mass is 9.98. The Kier molecular flexibility index (Phi) is 5.16. The van der Waals surface area contributed by atoms with Crippen LogP contribution in [0.5, 0.6) is 0 Å². The van der Waals surface area contributed by atoms with Gasteiger partial charge in [0.1, 0.15) is 0 Å². The van der Waals surface area contributed by atoms with Crippen LogP contribution in [0.2, 0.25) is 0 Å². The maximum absolute atomic E-state index is 12.9. The van der Waals surface area contributed by atoms with Crippen LogP contribution in [0, 0.1) is 24.0 Å². The molecule has 144 valence electrons. The number of hydrogen-bond donors (Lipinski definition) is 1. The van der Waals surface area contributed by atoms with Crippen molar-refractivity contribution in [3.05, 3.63) is 56.4 Å². The smallest absolute Gasteiger partial charge is 0.318 e. The third kappa shape index (κ3) is 3.51. The largest absolute Gasteiger partial charge is 0.331 e. The first kappa shape index (κ1) is 18.9. The average molecular weight is 371 g/mol. The van der Waals surface area contributed by atoms with Crippen LogP contribution in [-0.2, 0) is 20.0 Å². The molecule has 2 amide bonds. The fourth-order valence-electron chi connectivity index (χ4n) is 3.85. The standard InChI is InChI=1S/C19H25N5O3/c1-5-16(18-12(2)21-22(4)13(18)3)20-19(25)23-10-9-15-14(11-23)7-6-8-17(15)24(26)27/h6-8,16H,5,9-11H2,1-4H3,(H,20,25)/t16-/m0/s1. The van der Waals surface area contributed by atoms with Crippen LogP contribution in [0.4, 0.5) is 10.5 Å². The normalized spacial score (nSPS) is 14.6. The first-order chi connectivity index (χ1) is 12.8. The number of aromatic nitrogens is 2. The first-order valence-electron chi connectivity index (χ1n) is 9.14. The molecule has 2 heterocycles. The van der Waals surface area contributed by atoms with Gasteiger partial charge >= 0.3 is 6.03 Å². The van der Waals surface area contributed by atoms with E-state index >= 15 is 0 Å². The maximum Gasteiger partial charge on any atom is 0.318 e. The van der Waals surface area contributed by atoms with Crippen molar-refractivity contribution in [2.45, 2.75) is 46.2 Å².